The number of rotatable bonds is 5. The first-order valence-electron chi connectivity index (χ1n) is 8.24. The number of benzene rings is 2. The first kappa shape index (κ1) is 17.8. The van der Waals surface area contributed by atoms with Crippen LogP contribution in [0, 0.1) is 6.92 Å². The van der Waals surface area contributed by atoms with Crippen molar-refractivity contribution in [3.05, 3.63) is 65.2 Å². The van der Waals surface area contributed by atoms with Crippen LogP contribution in [-0.2, 0) is 21.2 Å². The monoisotopic (exact) mass is 359 g/mol. The maximum absolute atomic E-state index is 12.9. The van der Waals surface area contributed by atoms with E-state index in [0.29, 0.717) is 37.4 Å². The van der Waals surface area contributed by atoms with Gasteiger partial charge in [-0.2, -0.15) is 4.31 Å². The number of ketones is 1. The van der Waals surface area contributed by atoms with Gasteiger partial charge >= 0.3 is 0 Å². The van der Waals surface area contributed by atoms with Gasteiger partial charge in [-0.25, -0.2) is 8.42 Å². The van der Waals surface area contributed by atoms with E-state index in [1.807, 2.05) is 19.1 Å². The van der Waals surface area contributed by atoms with Gasteiger partial charge in [0, 0.05) is 25.1 Å². The molecule has 1 heterocycles. The minimum absolute atomic E-state index is 0.0583. The van der Waals surface area contributed by atoms with E-state index in [1.165, 1.54) is 4.31 Å². The predicted molar refractivity (Wildman–Crippen MR) is 95.2 cm³/mol. The van der Waals surface area contributed by atoms with Crippen LogP contribution in [0.4, 0.5) is 0 Å². The van der Waals surface area contributed by atoms with Gasteiger partial charge in [-0.05, 0) is 18.6 Å². The van der Waals surface area contributed by atoms with Crippen LogP contribution < -0.4 is 0 Å². The van der Waals surface area contributed by atoms with Crippen LogP contribution in [0.25, 0.3) is 0 Å². The van der Waals surface area contributed by atoms with Crippen molar-refractivity contribution < 1.29 is 17.9 Å². The molecule has 5 nitrogen and oxygen atoms in total. The van der Waals surface area contributed by atoms with Crippen molar-refractivity contribution in [1.29, 1.82) is 0 Å². The summed E-state index contributed by atoms with van der Waals surface area (Å²) >= 11 is 0. The number of sulfonamides is 1. The predicted octanol–water partition coefficient (Wildman–Crippen LogP) is 2.44. The number of carbonyl (C=O) groups is 1. The Morgan fingerprint density at radius 1 is 1.04 bits per heavy atom. The van der Waals surface area contributed by atoms with Gasteiger partial charge < -0.3 is 4.74 Å². The van der Waals surface area contributed by atoms with Crippen molar-refractivity contribution in [3.63, 3.8) is 0 Å². The molecule has 2 aromatic carbocycles. The van der Waals surface area contributed by atoms with Crippen molar-refractivity contribution in [2.75, 3.05) is 26.3 Å². The maximum atomic E-state index is 12.9. The van der Waals surface area contributed by atoms with Crippen molar-refractivity contribution >= 4 is 15.8 Å². The summed E-state index contributed by atoms with van der Waals surface area (Å²) in [5.41, 5.74) is 2.19. The van der Waals surface area contributed by atoms with Crippen LogP contribution in [-0.4, -0.2) is 44.8 Å². The summed E-state index contributed by atoms with van der Waals surface area (Å²) in [6, 6.07) is 14.0. The van der Waals surface area contributed by atoms with Gasteiger partial charge in [0.2, 0.25) is 10.0 Å². The molecule has 0 saturated carbocycles. The highest BCUT2D eigenvalue weighted by Crippen LogP contribution is 2.22. The van der Waals surface area contributed by atoms with Gasteiger partial charge in [-0.3, -0.25) is 4.79 Å². The average molecular weight is 359 g/mol. The molecule has 0 amide bonds. The molecular weight excluding hydrogens is 338 g/mol. The summed E-state index contributed by atoms with van der Waals surface area (Å²) in [4.78, 5) is 12.8. The number of Topliss-reactive ketones (excluding diaryl/α,β-unsaturated/α-hetero) is 1. The number of ether oxygens (including phenoxy) is 1. The molecule has 0 atom stereocenters. The van der Waals surface area contributed by atoms with Crippen LogP contribution in [0.2, 0.25) is 0 Å². The SMILES string of the molecule is Cc1ccc(C(=O)Cc2ccccc2S(=O)(=O)N2CCOCC2)cc1. The summed E-state index contributed by atoms with van der Waals surface area (Å²) in [5, 5.41) is 0. The molecule has 0 radical (unpaired) electrons. The molecule has 25 heavy (non-hydrogen) atoms. The van der Waals surface area contributed by atoms with E-state index in [2.05, 4.69) is 0 Å². The van der Waals surface area contributed by atoms with Gasteiger partial charge in [-0.1, -0.05) is 48.0 Å². The van der Waals surface area contributed by atoms with Gasteiger partial charge in [0.05, 0.1) is 18.1 Å². The van der Waals surface area contributed by atoms with Crippen molar-refractivity contribution in [2.45, 2.75) is 18.2 Å². The van der Waals surface area contributed by atoms with E-state index >= 15 is 0 Å². The minimum atomic E-state index is -3.63. The molecule has 1 saturated heterocycles. The van der Waals surface area contributed by atoms with E-state index in [0.717, 1.165) is 5.56 Å². The smallest absolute Gasteiger partial charge is 0.243 e. The Morgan fingerprint density at radius 3 is 2.36 bits per heavy atom. The minimum Gasteiger partial charge on any atom is -0.379 e. The van der Waals surface area contributed by atoms with Gasteiger partial charge in [0.1, 0.15) is 0 Å². The Labute approximate surface area is 148 Å². The first-order valence-corrected chi connectivity index (χ1v) is 9.68. The van der Waals surface area contributed by atoms with Crippen LogP contribution in [0.3, 0.4) is 0 Å². The van der Waals surface area contributed by atoms with Crippen molar-refractivity contribution in [2.24, 2.45) is 0 Å². The quantitative estimate of drug-likeness (QED) is 0.769. The highest BCUT2D eigenvalue weighted by Gasteiger charge is 2.28. The first-order chi connectivity index (χ1) is 12.0. The fourth-order valence-electron chi connectivity index (χ4n) is 2.84. The van der Waals surface area contributed by atoms with E-state index in [1.54, 1.807) is 36.4 Å². The third-order valence-corrected chi connectivity index (χ3v) is 6.28. The molecule has 0 unspecified atom stereocenters. The lowest BCUT2D eigenvalue weighted by Crippen LogP contribution is -2.41. The summed E-state index contributed by atoms with van der Waals surface area (Å²) in [6.07, 6.45) is 0.0583. The zero-order chi connectivity index (χ0) is 17.9. The molecule has 0 aliphatic carbocycles. The number of hydrogen-bond acceptors (Lipinski definition) is 4. The molecule has 2 aromatic rings. The summed E-state index contributed by atoms with van der Waals surface area (Å²) < 4.78 is 32.5. The molecule has 6 heteroatoms. The number of nitrogens with zero attached hydrogens (tertiary/aromatic N) is 1. The van der Waals surface area contributed by atoms with Crippen molar-refractivity contribution in [3.8, 4) is 0 Å². The third-order valence-electron chi connectivity index (χ3n) is 4.29. The molecular formula is C19H21NO4S. The molecule has 132 valence electrons. The highest BCUT2D eigenvalue weighted by atomic mass is 32.2. The topological polar surface area (TPSA) is 63.7 Å². The Bertz CT molecular complexity index is 853. The van der Waals surface area contributed by atoms with Gasteiger partial charge in [0.15, 0.2) is 5.78 Å². The highest BCUT2D eigenvalue weighted by molar-refractivity contribution is 7.89. The molecule has 1 aliphatic rings. The fraction of sp³-hybridized carbons (Fsp3) is 0.316. The zero-order valence-electron chi connectivity index (χ0n) is 14.1. The maximum Gasteiger partial charge on any atom is 0.243 e. The molecule has 3 rings (SSSR count). The van der Waals surface area contributed by atoms with E-state index in [-0.39, 0.29) is 17.1 Å². The average Bonchev–Trinajstić information content (AvgIpc) is 2.63. The van der Waals surface area contributed by atoms with Gasteiger partial charge in [0.25, 0.3) is 0 Å². The Morgan fingerprint density at radius 2 is 1.68 bits per heavy atom. The number of aryl methyl sites for hydroxylation is 1. The second-order valence-electron chi connectivity index (χ2n) is 6.09. The molecule has 0 N–H and O–H groups in total. The summed E-state index contributed by atoms with van der Waals surface area (Å²) in [5.74, 6) is -0.0929. The van der Waals surface area contributed by atoms with Crippen LogP contribution >= 0.6 is 0 Å². The molecule has 1 fully saturated rings. The second-order valence-corrected chi connectivity index (χ2v) is 8.00. The van der Waals surface area contributed by atoms with E-state index in [9.17, 15) is 13.2 Å². The Balaban J connectivity index is 1.88. The van der Waals surface area contributed by atoms with Gasteiger partial charge in [-0.15, -0.1) is 0 Å². The normalized spacial score (nSPS) is 15.9. The third kappa shape index (κ3) is 3.98. The lowest BCUT2D eigenvalue weighted by Gasteiger charge is -2.26. The Hall–Kier alpha value is -2.02. The zero-order valence-corrected chi connectivity index (χ0v) is 15.0. The number of hydrogen-bond donors (Lipinski definition) is 0. The standard InChI is InChI=1S/C19H21NO4S/c1-15-6-8-16(9-7-15)18(21)14-17-4-2-3-5-19(17)25(22,23)20-10-12-24-13-11-20/h2-9H,10-14H2,1H3. The Kier molecular flexibility index (Phi) is 5.32. The second kappa shape index (κ2) is 7.47. The molecule has 1 aliphatic heterocycles. The van der Waals surface area contributed by atoms with Crippen LogP contribution in [0.15, 0.2) is 53.4 Å². The lowest BCUT2D eigenvalue weighted by atomic mass is 10.0. The van der Waals surface area contributed by atoms with E-state index in [4.69, 9.17) is 4.74 Å². The fourth-order valence-corrected chi connectivity index (χ4v) is 4.47. The molecule has 0 aromatic heterocycles. The van der Waals surface area contributed by atoms with Crippen LogP contribution in [0.1, 0.15) is 21.5 Å². The number of carbonyl (C=O) groups excluding carboxylic acids is 1. The molecule has 0 bridgehead atoms. The van der Waals surface area contributed by atoms with Crippen LogP contribution in [0.5, 0.6) is 0 Å². The lowest BCUT2D eigenvalue weighted by molar-refractivity contribution is 0.0730. The van der Waals surface area contributed by atoms with E-state index < -0.39 is 10.0 Å². The largest absolute Gasteiger partial charge is 0.379 e. The summed E-state index contributed by atoms with van der Waals surface area (Å²) in [6.45, 7) is 3.41. The molecule has 0 spiro atoms. The summed E-state index contributed by atoms with van der Waals surface area (Å²) in [7, 11) is -3.63. The number of morpholine rings is 1. The van der Waals surface area contributed by atoms with Crippen molar-refractivity contribution in [1.82, 2.24) is 4.31 Å².